The fourth-order valence-corrected chi connectivity index (χ4v) is 6.51. The van der Waals surface area contributed by atoms with E-state index in [4.69, 9.17) is 11.6 Å². The summed E-state index contributed by atoms with van der Waals surface area (Å²) in [4.78, 5) is 56.2. The van der Waals surface area contributed by atoms with Crippen molar-refractivity contribution in [3.05, 3.63) is 59.1 Å². The molecule has 0 unspecified atom stereocenters. The molecule has 2 aromatic rings. The Kier molecular flexibility index (Phi) is 7.20. The summed E-state index contributed by atoms with van der Waals surface area (Å²) >= 11 is 7.77. The fraction of sp³-hybridized carbons (Fsp3) is 0.385. The summed E-state index contributed by atoms with van der Waals surface area (Å²) in [5.74, 6) is -1.09. The Labute approximate surface area is 218 Å². The fourth-order valence-electron chi connectivity index (χ4n) is 4.90. The summed E-state index contributed by atoms with van der Waals surface area (Å²) in [6.07, 6.45) is 2.54. The SMILES string of the molecule is O=C1CC[C@@H](C(=O)N[C@H]2C(=O)N(CC(=O)N3CCCC3)c3ccc(Cl)cc3S[C@H]2c2ccccc2)N1. The van der Waals surface area contributed by atoms with Crippen molar-refractivity contribution in [2.45, 2.75) is 47.9 Å². The van der Waals surface area contributed by atoms with E-state index < -0.39 is 23.2 Å². The van der Waals surface area contributed by atoms with Crippen LogP contribution in [0.25, 0.3) is 0 Å². The number of amides is 4. The predicted molar refractivity (Wildman–Crippen MR) is 138 cm³/mol. The highest BCUT2D eigenvalue weighted by Gasteiger charge is 2.42. The summed E-state index contributed by atoms with van der Waals surface area (Å²) in [7, 11) is 0. The van der Waals surface area contributed by atoms with Crippen LogP contribution in [0.4, 0.5) is 5.69 Å². The molecule has 36 heavy (non-hydrogen) atoms. The third-order valence-electron chi connectivity index (χ3n) is 6.79. The van der Waals surface area contributed by atoms with Crippen LogP contribution in [0.2, 0.25) is 5.02 Å². The van der Waals surface area contributed by atoms with Crippen LogP contribution in [-0.2, 0) is 19.2 Å². The molecule has 0 radical (unpaired) electrons. The molecule has 0 saturated carbocycles. The lowest BCUT2D eigenvalue weighted by atomic mass is 10.0. The Morgan fingerprint density at radius 2 is 1.83 bits per heavy atom. The first kappa shape index (κ1) is 24.6. The summed E-state index contributed by atoms with van der Waals surface area (Å²) in [5, 5.41) is 5.64. The normalized spacial score (nSPS) is 23.8. The zero-order valence-electron chi connectivity index (χ0n) is 19.6. The van der Waals surface area contributed by atoms with Crippen LogP contribution in [0.15, 0.2) is 53.4 Å². The van der Waals surface area contributed by atoms with Gasteiger partial charge in [0.25, 0.3) is 5.91 Å². The van der Waals surface area contributed by atoms with Crippen LogP contribution in [0.5, 0.6) is 0 Å². The van der Waals surface area contributed by atoms with E-state index in [1.807, 2.05) is 30.3 Å². The molecular weight excluding hydrogens is 500 g/mol. The van der Waals surface area contributed by atoms with Gasteiger partial charge < -0.3 is 20.4 Å². The average Bonchev–Trinajstić information content (AvgIpc) is 3.55. The van der Waals surface area contributed by atoms with Gasteiger partial charge in [0.15, 0.2) is 0 Å². The number of carbonyl (C=O) groups is 4. The number of halogens is 1. The molecule has 3 aliphatic rings. The van der Waals surface area contributed by atoms with Crippen molar-refractivity contribution in [3.63, 3.8) is 0 Å². The van der Waals surface area contributed by atoms with Gasteiger partial charge in [-0.05, 0) is 43.0 Å². The maximum Gasteiger partial charge on any atom is 0.251 e. The number of nitrogens with one attached hydrogen (secondary N) is 2. The van der Waals surface area contributed by atoms with Gasteiger partial charge in [-0.15, -0.1) is 11.8 Å². The molecular formula is C26H27ClN4O4S. The maximum absolute atomic E-state index is 14.1. The van der Waals surface area contributed by atoms with Crippen molar-refractivity contribution < 1.29 is 19.2 Å². The van der Waals surface area contributed by atoms with Gasteiger partial charge in [0, 0.05) is 29.4 Å². The zero-order chi connectivity index (χ0) is 25.2. The van der Waals surface area contributed by atoms with Crippen molar-refractivity contribution in [2.75, 3.05) is 24.5 Å². The lowest BCUT2D eigenvalue weighted by Gasteiger charge is -2.30. The minimum atomic E-state index is -0.958. The smallest absolute Gasteiger partial charge is 0.251 e. The Morgan fingerprint density at radius 1 is 1.08 bits per heavy atom. The van der Waals surface area contributed by atoms with Crippen LogP contribution >= 0.6 is 23.4 Å². The molecule has 8 nitrogen and oxygen atoms in total. The van der Waals surface area contributed by atoms with Crippen molar-refractivity contribution >= 4 is 52.7 Å². The minimum Gasteiger partial charge on any atom is -0.344 e. The summed E-state index contributed by atoms with van der Waals surface area (Å²) in [6.45, 7) is 1.23. The lowest BCUT2D eigenvalue weighted by molar-refractivity contribution is -0.132. The largest absolute Gasteiger partial charge is 0.344 e. The van der Waals surface area contributed by atoms with E-state index in [2.05, 4.69) is 10.6 Å². The third-order valence-corrected chi connectivity index (χ3v) is 8.41. The van der Waals surface area contributed by atoms with E-state index in [-0.39, 0.29) is 30.7 Å². The lowest BCUT2D eigenvalue weighted by Crippen LogP contribution is -2.55. The third kappa shape index (κ3) is 5.08. The number of anilines is 1. The number of benzene rings is 2. The first-order chi connectivity index (χ1) is 17.4. The van der Waals surface area contributed by atoms with Crippen LogP contribution in [0.1, 0.15) is 36.5 Å². The highest BCUT2D eigenvalue weighted by Crippen LogP contribution is 2.46. The van der Waals surface area contributed by atoms with Crippen molar-refractivity contribution in [1.82, 2.24) is 15.5 Å². The highest BCUT2D eigenvalue weighted by molar-refractivity contribution is 7.99. The Bertz CT molecular complexity index is 1190. The van der Waals surface area contributed by atoms with E-state index in [9.17, 15) is 19.2 Å². The van der Waals surface area contributed by atoms with Crippen molar-refractivity contribution in [1.29, 1.82) is 0 Å². The number of hydrogen-bond donors (Lipinski definition) is 2. The highest BCUT2D eigenvalue weighted by atomic mass is 35.5. The molecule has 0 aliphatic carbocycles. The van der Waals surface area contributed by atoms with Crippen molar-refractivity contribution in [3.8, 4) is 0 Å². The minimum absolute atomic E-state index is 0.123. The van der Waals surface area contributed by atoms with Crippen molar-refractivity contribution in [2.24, 2.45) is 0 Å². The van der Waals surface area contributed by atoms with Gasteiger partial charge in [-0.2, -0.15) is 0 Å². The second-order valence-electron chi connectivity index (χ2n) is 9.22. The average molecular weight is 527 g/mol. The molecule has 0 bridgehead atoms. The topological polar surface area (TPSA) is 98.8 Å². The molecule has 3 atom stereocenters. The number of hydrogen-bond acceptors (Lipinski definition) is 5. The molecule has 2 N–H and O–H groups in total. The number of fused-ring (bicyclic) bond motifs is 1. The zero-order valence-corrected chi connectivity index (χ0v) is 21.2. The molecule has 188 valence electrons. The molecule has 0 spiro atoms. The molecule has 2 aromatic carbocycles. The van der Waals surface area contributed by atoms with Gasteiger partial charge in [-0.3, -0.25) is 19.2 Å². The van der Waals surface area contributed by atoms with Crippen LogP contribution in [0.3, 0.4) is 0 Å². The van der Waals surface area contributed by atoms with Gasteiger partial charge in [-0.1, -0.05) is 41.9 Å². The number of rotatable bonds is 5. The van der Waals surface area contributed by atoms with E-state index in [0.29, 0.717) is 30.2 Å². The van der Waals surface area contributed by atoms with E-state index >= 15 is 0 Å². The maximum atomic E-state index is 14.1. The van der Waals surface area contributed by atoms with Gasteiger partial charge in [0.1, 0.15) is 18.6 Å². The second kappa shape index (κ2) is 10.5. The first-order valence-corrected chi connectivity index (χ1v) is 13.4. The van der Waals surface area contributed by atoms with E-state index in [1.54, 1.807) is 23.1 Å². The second-order valence-corrected chi connectivity index (χ2v) is 10.8. The molecule has 4 amide bonds. The van der Waals surface area contributed by atoms with Crippen LogP contribution < -0.4 is 15.5 Å². The summed E-state index contributed by atoms with van der Waals surface area (Å²) in [6, 6.07) is 13.1. The number of likely N-dealkylation sites (tertiary alicyclic amines) is 1. The standard InChI is InChI=1S/C26H27ClN4O4S/c27-17-8-10-19-20(14-17)36-24(16-6-2-1-3-7-16)23(29-25(34)18-9-11-21(32)28-18)26(35)31(19)15-22(33)30-12-4-5-13-30/h1-3,6-8,10,14,18,23-24H,4-5,9,11-13,15H2,(H,28,32)(H,29,34)/t18-,23+,24-/m0/s1. The summed E-state index contributed by atoms with van der Waals surface area (Å²) < 4.78 is 0. The number of carbonyl (C=O) groups excluding carboxylic acids is 4. The molecule has 5 rings (SSSR count). The quantitative estimate of drug-likeness (QED) is 0.624. The Hall–Kier alpha value is -3.04. The Balaban J connectivity index is 1.53. The van der Waals surface area contributed by atoms with Gasteiger partial charge in [-0.25, -0.2) is 0 Å². The predicted octanol–water partition coefficient (Wildman–Crippen LogP) is 2.91. The molecule has 3 heterocycles. The van der Waals surface area contributed by atoms with Crippen LogP contribution in [0, 0.1) is 0 Å². The number of nitrogens with zero attached hydrogens (tertiary/aromatic N) is 2. The van der Waals surface area contributed by atoms with Gasteiger partial charge in [0.05, 0.1) is 10.9 Å². The molecule has 2 saturated heterocycles. The van der Waals surface area contributed by atoms with Crippen LogP contribution in [-0.4, -0.2) is 60.2 Å². The molecule has 10 heteroatoms. The molecule has 0 aromatic heterocycles. The number of thioether (sulfide) groups is 1. The summed E-state index contributed by atoms with van der Waals surface area (Å²) in [5.41, 5.74) is 1.45. The van der Waals surface area contributed by atoms with Gasteiger partial charge >= 0.3 is 0 Å². The molecule has 3 aliphatic heterocycles. The Morgan fingerprint density at radius 3 is 2.53 bits per heavy atom. The monoisotopic (exact) mass is 526 g/mol. The van der Waals surface area contributed by atoms with E-state index in [1.165, 1.54) is 16.7 Å². The van der Waals surface area contributed by atoms with E-state index in [0.717, 1.165) is 23.3 Å². The van der Waals surface area contributed by atoms with Gasteiger partial charge in [0.2, 0.25) is 17.7 Å². The molecule has 2 fully saturated rings. The first-order valence-electron chi connectivity index (χ1n) is 12.1.